The van der Waals surface area contributed by atoms with Crippen LogP contribution in [0.2, 0.25) is 5.02 Å². The van der Waals surface area contributed by atoms with Gasteiger partial charge in [0.2, 0.25) is 11.8 Å². The van der Waals surface area contributed by atoms with Crippen molar-refractivity contribution in [2.75, 3.05) is 0 Å². The van der Waals surface area contributed by atoms with Crippen LogP contribution in [0, 0.1) is 11.6 Å². The maximum atomic E-state index is 13.5. The predicted molar refractivity (Wildman–Crippen MR) is 94.0 cm³/mol. The van der Waals surface area contributed by atoms with Gasteiger partial charge < -0.3 is 9.32 Å². The number of hydrogen-bond acceptors (Lipinski definition) is 4. The lowest BCUT2D eigenvalue weighted by atomic mass is 10.2. The van der Waals surface area contributed by atoms with E-state index in [0.29, 0.717) is 10.6 Å². The van der Waals surface area contributed by atoms with Gasteiger partial charge in [0.25, 0.3) is 5.91 Å². The normalized spacial score (nSPS) is 13.6. The predicted octanol–water partition coefficient (Wildman–Crippen LogP) is 4.47. The molecule has 0 radical (unpaired) electrons. The van der Waals surface area contributed by atoms with Crippen molar-refractivity contribution >= 4 is 17.5 Å². The largest absolute Gasteiger partial charge is 0.419 e. The highest BCUT2D eigenvalue weighted by molar-refractivity contribution is 6.33. The summed E-state index contributed by atoms with van der Waals surface area (Å²) in [6.07, 6.45) is 1.63. The molecular formula is C19H14ClF2N3O2. The molecule has 8 heteroatoms. The Kier molecular flexibility index (Phi) is 4.61. The van der Waals surface area contributed by atoms with E-state index in [2.05, 4.69) is 10.2 Å². The monoisotopic (exact) mass is 389 g/mol. The molecule has 0 N–H and O–H groups in total. The van der Waals surface area contributed by atoms with Crippen molar-refractivity contribution < 1.29 is 18.0 Å². The second kappa shape index (κ2) is 7.08. The number of carbonyl (C=O) groups is 1. The molecule has 1 aliphatic carbocycles. The molecule has 0 atom stereocenters. The van der Waals surface area contributed by atoms with E-state index in [9.17, 15) is 13.6 Å². The Morgan fingerprint density at radius 2 is 1.85 bits per heavy atom. The number of halogens is 3. The molecule has 0 bridgehead atoms. The average molecular weight is 390 g/mol. The van der Waals surface area contributed by atoms with Crippen LogP contribution in [0.5, 0.6) is 0 Å². The number of hydrogen-bond donors (Lipinski definition) is 0. The molecular weight excluding hydrogens is 376 g/mol. The second-order valence-corrected chi connectivity index (χ2v) is 6.71. The van der Waals surface area contributed by atoms with Crippen LogP contribution < -0.4 is 0 Å². The quantitative estimate of drug-likeness (QED) is 0.645. The Labute approximate surface area is 158 Å². The molecule has 1 aliphatic rings. The number of nitrogens with zero attached hydrogens (tertiary/aromatic N) is 3. The molecule has 0 unspecified atom stereocenters. The third-order valence-corrected chi connectivity index (χ3v) is 4.56. The highest BCUT2D eigenvalue weighted by Gasteiger charge is 2.34. The number of aromatic nitrogens is 2. The number of carbonyl (C=O) groups excluding carboxylic acids is 1. The molecule has 1 fully saturated rings. The van der Waals surface area contributed by atoms with Gasteiger partial charge in [-0.2, -0.15) is 0 Å². The molecule has 27 heavy (non-hydrogen) atoms. The smallest absolute Gasteiger partial charge is 0.254 e. The summed E-state index contributed by atoms with van der Waals surface area (Å²) in [5.41, 5.74) is 0.541. The fourth-order valence-electron chi connectivity index (χ4n) is 2.80. The molecule has 1 amide bonds. The van der Waals surface area contributed by atoms with Crippen LogP contribution in [-0.2, 0) is 6.54 Å². The molecule has 1 saturated carbocycles. The molecule has 0 aliphatic heterocycles. The van der Waals surface area contributed by atoms with Gasteiger partial charge >= 0.3 is 0 Å². The van der Waals surface area contributed by atoms with Gasteiger partial charge in [0.1, 0.15) is 11.6 Å². The van der Waals surface area contributed by atoms with Crippen molar-refractivity contribution in [3.8, 4) is 11.5 Å². The van der Waals surface area contributed by atoms with Crippen LogP contribution in [0.4, 0.5) is 8.78 Å². The van der Waals surface area contributed by atoms with Crippen molar-refractivity contribution in [3.05, 3.63) is 70.6 Å². The van der Waals surface area contributed by atoms with Gasteiger partial charge in [-0.3, -0.25) is 4.79 Å². The van der Waals surface area contributed by atoms with Gasteiger partial charge in [0.15, 0.2) is 0 Å². The van der Waals surface area contributed by atoms with Gasteiger partial charge in [-0.15, -0.1) is 10.2 Å². The van der Waals surface area contributed by atoms with Crippen molar-refractivity contribution in [2.24, 2.45) is 0 Å². The Balaban J connectivity index is 1.58. The van der Waals surface area contributed by atoms with Crippen molar-refractivity contribution in [1.29, 1.82) is 0 Å². The van der Waals surface area contributed by atoms with E-state index in [1.54, 1.807) is 24.3 Å². The van der Waals surface area contributed by atoms with Gasteiger partial charge in [-0.25, -0.2) is 8.78 Å². The zero-order chi connectivity index (χ0) is 19.0. The first-order chi connectivity index (χ1) is 13.0. The zero-order valence-electron chi connectivity index (χ0n) is 14.0. The highest BCUT2D eigenvalue weighted by Crippen LogP contribution is 2.31. The van der Waals surface area contributed by atoms with Gasteiger partial charge in [-0.05, 0) is 37.1 Å². The van der Waals surface area contributed by atoms with Crippen LogP contribution in [0.1, 0.15) is 29.1 Å². The second-order valence-electron chi connectivity index (χ2n) is 6.30. The lowest BCUT2D eigenvalue weighted by Gasteiger charge is -2.20. The summed E-state index contributed by atoms with van der Waals surface area (Å²) in [5, 5.41) is 8.43. The standard InChI is InChI=1S/C19H14ClF2N3O2/c20-16-4-2-1-3-15(16)18-24-23-17(27-18)10-25(14-5-6-14)19(26)11-7-12(21)9-13(22)8-11/h1-4,7-9,14H,5-6,10H2. The van der Waals surface area contributed by atoms with Crippen LogP contribution in [0.3, 0.4) is 0 Å². The van der Waals surface area contributed by atoms with Crippen LogP contribution in [0.15, 0.2) is 46.9 Å². The van der Waals surface area contributed by atoms with Gasteiger partial charge in [0, 0.05) is 17.7 Å². The third-order valence-electron chi connectivity index (χ3n) is 4.23. The van der Waals surface area contributed by atoms with Crippen LogP contribution in [-0.4, -0.2) is 27.0 Å². The minimum absolute atomic E-state index is 0.0144. The molecule has 1 aromatic heterocycles. The summed E-state index contributed by atoms with van der Waals surface area (Å²) < 4.78 is 32.6. The Bertz CT molecular complexity index is 984. The minimum atomic E-state index is -0.798. The third kappa shape index (κ3) is 3.83. The number of amides is 1. The maximum absolute atomic E-state index is 13.5. The maximum Gasteiger partial charge on any atom is 0.254 e. The summed E-state index contributed by atoms with van der Waals surface area (Å²) in [6.45, 7) is 0.0546. The fraction of sp³-hybridized carbons (Fsp3) is 0.211. The first kappa shape index (κ1) is 17.6. The first-order valence-corrected chi connectivity index (χ1v) is 8.73. The summed E-state index contributed by atoms with van der Waals surface area (Å²) >= 11 is 6.13. The van der Waals surface area contributed by atoms with E-state index in [0.717, 1.165) is 31.0 Å². The van der Waals surface area contributed by atoms with E-state index in [-0.39, 0.29) is 29.9 Å². The summed E-state index contributed by atoms with van der Waals surface area (Å²) in [4.78, 5) is 14.2. The fourth-order valence-corrected chi connectivity index (χ4v) is 3.02. The van der Waals surface area contributed by atoms with E-state index in [1.807, 2.05) is 0 Å². The Morgan fingerprint density at radius 3 is 2.52 bits per heavy atom. The molecule has 2 aromatic carbocycles. The molecule has 0 spiro atoms. The summed E-state index contributed by atoms with van der Waals surface area (Å²) in [6, 6.07) is 9.79. The average Bonchev–Trinajstić information content (AvgIpc) is 3.37. The molecule has 138 valence electrons. The number of rotatable bonds is 5. The van der Waals surface area contributed by atoms with Crippen molar-refractivity contribution in [3.63, 3.8) is 0 Å². The van der Waals surface area contributed by atoms with Gasteiger partial charge in [-0.1, -0.05) is 23.7 Å². The SMILES string of the molecule is O=C(c1cc(F)cc(F)c1)N(Cc1nnc(-c2ccccc2Cl)o1)C1CC1. The topological polar surface area (TPSA) is 59.2 Å². The lowest BCUT2D eigenvalue weighted by molar-refractivity contribution is 0.0713. The van der Waals surface area contributed by atoms with E-state index < -0.39 is 17.5 Å². The molecule has 5 nitrogen and oxygen atoms in total. The van der Waals surface area contributed by atoms with Crippen LogP contribution >= 0.6 is 11.6 Å². The van der Waals surface area contributed by atoms with Gasteiger partial charge in [0.05, 0.1) is 17.1 Å². The molecule has 1 heterocycles. The highest BCUT2D eigenvalue weighted by atomic mass is 35.5. The summed E-state index contributed by atoms with van der Waals surface area (Å²) in [5.74, 6) is -1.60. The van der Waals surface area contributed by atoms with Crippen molar-refractivity contribution in [2.45, 2.75) is 25.4 Å². The number of benzene rings is 2. The molecule has 0 saturated heterocycles. The molecule has 3 aromatic rings. The Hall–Kier alpha value is -2.80. The van der Waals surface area contributed by atoms with Crippen molar-refractivity contribution in [1.82, 2.24) is 15.1 Å². The van der Waals surface area contributed by atoms with Crippen LogP contribution in [0.25, 0.3) is 11.5 Å². The molecule has 4 rings (SSSR count). The lowest BCUT2D eigenvalue weighted by Crippen LogP contribution is -2.32. The van der Waals surface area contributed by atoms with E-state index in [1.165, 1.54) is 4.90 Å². The summed E-state index contributed by atoms with van der Waals surface area (Å²) in [7, 11) is 0. The van der Waals surface area contributed by atoms with E-state index >= 15 is 0 Å². The van der Waals surface area contributed by atoms with E-state index in [4.69, 9.17) is 16.0 Å². The first-order valence-electron chi connectivity index (χ1n) is 8.35. The Morgan fingerprint density at radius 1 is 1.15 bits per heavy atom. The minimum Gasteiger partial charge on any atom is -0.419 e. The zero-order valence-corrected chi connectivity index (χ0v) is 14.8.